The maximum absolute atomic E-state index is 12.2. The predicted molar refractivity (Wildman–Crippen MR) is 105 cm³/mol. The van der Waals surface area contributed by atoms with Crippen LogP contribution in [0.15, 0.2) is 52.4 Å². The molecule has 1 aromatic heterocycles. The second-order valence-corrected chi connectivity index (χ2v) is 7.95. The number of nitrogens with zero attached hydrogens (tertiary/aromatic N) is 2. The van der Waals surface area contributed by atoms with Crippen molar-refractivity contribution in [3.8, 4) is 5.75 Å². The number of benzene rings is 2. The number of thioether (sulfide) groups is 1. The van der Waals surface area contributed by atoms with Crippen molar-refractivity contribution < 1.29 is 9.53 Å². The van der Waals surface area contributed by atoms with Gasteiger partial charge in [0.15, 0.2) is 4.80 Å². The van der Waals surface area contributed by atoms with Crippen molar-refractivity contribution in [1.82, 2.24) is 4.57 Å². The lowest BCUT2D eigenvalue weighted by Gasteiger charge is -2.02. The van der Waals surface area contributed by atoms with Crippen LogP contribution in [-0.2, 0) is 11.8 Å². The van der Waals surface area contributed by atoms with E-state index in [1.807, 2.05) is 54.1 Å². The summed E-state index contributed by atoms with van der Waals surface area (Å²) in [5.74, 6) is 1.40. The van der Waals surface area contributed by atoms with Gasteiger partial charge < -0.3 is 9.30 Å². The van der Waals surface area contributed by atoms with Crippen molar-refractivity contribution in [3.05, 3.63) is 52.3 Å². The first-order valence-electron chi connectivity index (χ1n) is 7.66. The lowest BCUT2D eigenvalue weighted by molar-refractivity contribution is -0.117. The number of aromatic nitrogens is 1. The predicted octanol–water partition coefficient (Wildman–Crippen LogP) is 4.51. The molecule has 0 aliphatic carbocycles. The molecule has 0 radical (unpaired) electrons. The summed E-state index contributed by atoms with van der Waals surface area (Å²) in [6.45, 7) is 0. The molecular weight excluding hydrogens is 376 g/mol. The van der Waals surface area contributed by atoms with Crippen molar-refractivity contribution in [1.29, 1.82) is 0 Å². The summed E-state index contributed by atoms with van der Waals surface area (Å²) in [6.07, 6.45) is 0.395. The van der Waals surface area contributed by atoms with Gasteiger partial charge in [0.1, 0.15) is 5.75 Å². The molecule has 1 heterocycles. The monoisotopic (exact) mass is 392 g/mol. The fourth-order valence-corrected chi connectivity index (χ4v) is 4.46. The second-order valence-electron chi connectivity index (χ2n) is 5.34. The summed E-state index contributed by atoms with van der Waals surface area (Å²) >= 11 is 9.12. The molecule has 0 N–H and O–H groups in total. The van der Waals surface area contributed by atoms with Crippen LogP contribution in [0, 0.1) is 0 Å². The molecule has 0 unspecified atom stereocenters. The van der Waals surface area contributed by atoms with Crippen molar-refractivity contribution in [3.63, 3.8) is 0 Å². The SMILES string of the molecule is COc1ccc(SCCC(=O)N=c2sc3cc(Cl)ccc3n2C)cc1. The number of amides is 1. The second kappa shape index (κ2) is 8.08. The first kappa shape index (κ1) is 18.0. The molecule has 0 saturated carbocycles. The van der Waals surface area contributed by atoms with Crippen LogP contribution in [0.25, 0.3) is 10.2 Å². The molecule has 1 amide bonds. The van der Waals surface area contributed by atoms with E-state index < -0.39 is 0 Å². The van der Waals surface area contributed by atoms with E-state index in [-0.39, 0.29) is 5.91 Å². The Morgan fingerprint density at radius 2 is 2.04 bits per heavy atom. The normalized spacial score (nSPS) is 11.9. The molecule has 0 fully saturated rings. The van der Waals surface area contributed by atoms with E-state index in [1.165, 1.54) is 11.3 Å². The number of carbonyl (C=O) groups excluding carboxylic acids is 1. The summed E-state index contributed by atoms with van der Waals surface area (Å²) < 4.78 is 8.08. The van der Waals surface area contributed by atoms with Crippen LogP contribution in [-0.4, -0.2) is 23.3 Å². The van der Waals surface area contributed by atoms with E-state index in [4.69, 9.17) is 16.3 Å². The Morgan fingerprint density at radius 1 is 1.28 bits per heavy atom. The van der Waals surface area contributed by atoms with Crippen LogP contribution in [0.5, 0.6) is 5.75 Å². The van der Waals surface area contributed by atoms with Gasteiger partial charge in [0, 0.05) is 29.1 Å². The molecule has 0 spiro atoms. The van der Waals surface area contributed by atoms with Crippen LogP contribution >= 0.6 is 34.7 Å². The zero-order chi connectivity index (χ0) is 17.8. The van der Waals surface area contributed by atoms with Crippen molar-refractivity contribution >= 4 is 50.8 Å². The third-order valence-electron chi connectivity index (χ3n) is 3.64. The molecule has 130 valence electrons. The van der Waals surface area contributed by atoms with Crippen LogP contribution in [0.3, 0.4) is 0 Å². The van der Waals surface area contributed by atoms with Gasteiger partial charge in [-0.3, -0.25) is 4.79 Å². The van der Waals surface area contributed by atoms with Gasteiger partial charge in [0.05, 0.1) is 17.3 Å². The Morgan fingerprint density at radius 3 is 2.76 bits per heavy atom. The quantitative estimate of drug-likeness (QED) is 0.600. The summed E-state index contributed by atoms with van der Waals surface area (Å²) in [7, 11) is 3.55. The number of rotatable bonds is 5. The number of ether oxygens (including phenoxy) is 1. The number of halogens is 1. The number of hydrogen-bond acceptors (Lipinski definition) is 4. The highest BCUT2D eigenvalue weighted by molar-refractivity contribution is 7.99. The van der Waals surface area contributed by atoms with Crippen LogP contribution in [0.1, 0.15) is 6.42 Å². The molecule has 0 aliphatic rings. The Hall–Kier alpha value is -1.76. The number of thiazole rings is 1. The van der Waals surface area contributed by atoms with Crippen LogP contribution < -0.4 is 9.54 Å². The average molecular weight is 393 g/mol. The molecule has 3 aromatic rings. The van der Waals surface area contributed by atoms with Crippen molar-refractivity contribution in [2.45, 2.75) is 11.3 Å². The fraction of sp³-hybridized carbons (Fsp3) is 0.222. The molecule has 2 aromatic carbocycles. The lowest BCUT2D eigenvalue weighted by atomic mass is 10.3. The molecule has 3 rings (SSSR count). The minimum atomic E-state index is -0.116. The Kier molecular flexibility index (Phi) is 5.83. The topological polar surface area (TPSA) is 43.6 Å². The highest BCUT2D eigenvalue weighted by Gasteiger charge is 2.06. The number of carbonyl (C=O) groups is 1. The van der Waals surface area contributed by atoms with Crippen LogP contribution in [0.2, 0.25) is 5.02 Å². The largest absolute Gasteiger partial charge is 0.497 e. The Labute approximate surface area is 159 Å². The van der Waals surface area contributed by atoms with E-state index in [1.54, 1.807) is 18.9 Å². The lowest BCUT2D eigenvalue weighted by Crippen LogP contribution is -2.13. The number of hydrogen-bond donors (Lipinski definition) is 0. The highest BCUT2D eigenvalue weighted by Crippen LogP contribution is 2.22. The summed E-state index contributed by atoms with van der Waals surface area (Å²) in [5, 5.41) is 0.683. The number of methoxy groups -OCH3 is 1. The van der Waals surface area contributed by atoms with Crippen molar-refractivity contribution in [2.75, 3.05) is 12.9 Å². The van der Waals surface area contributed by atoms with Gasteiger partial charge in [0.2, 0.25) is 5.91 Å². The standard InChI is InChI=1S/C18H17ClN2O2S2/c1-21-15-8-3-12(19)11-16(15)25-18(21)20-17(22)9-10-24-14-6-4-13(23-2)5-7-14/h3-8,11H,9-10H2,1-2H3. The van der Waals surface area contributed by atoms with Crippen molar-refractivity contribution in [2.24, 2.45) is 12.0 Å². The zero-order valence-corrected chi connectivity index (χ0v) is 16.2. The van der Waals surface area contributed by atoms with Gasteiger partial charge in [-0.2, -0.15) is 4.99 Å². The van der Waals surface area contributed by atoms with Gasteiger partial charge in [-0.05, 0) is 42.5 Å². The molecule has 0 aliphatic heterocycles. The minimum absolute atomic E-state index is 0.116. The maximum atomic E-state index is 12.2. The smallest absolute Gasteiger partial charge is 0.249 e. The molecule has 25 heavy (non-hydrogen) atoms. The van der Waals surface area contributed by atoms with Gasteiger partial charge in [-0.25, -0.2) is 0 Å². The van der Waals surface area contributed by atoms with Crippen LogP contribution in [0.4, 0.5) is 0 Å². The zero-order valence-electron chi connectivity index (χ0n) is 13.9. The third-order valence-corrected chi connectivity index (χ3v) is 5.98. The first-order valence-corrected chi connectivity index (χ1v) is 9.84. The highest BCUT2D eigenvalue weighted by atomic mass is 35.5. The fourth-order valence-electron chi connectivity index (χ4n) is 2.31. The number of aryl methyl sites for hydroxylation is 1. The molecule has 0 bridgehead atoms. The Balaban J connectivity index is 1.65. The van der Waals surface area contributed by atoms with E-state index in [0.717, 1.165) is 20.9 Å². The Bertz CT molecular complexity index is 961. The van der Waals surface area contributed by atoms with E-state index >= 15 is 0 Å². The summed E-state index contributed by atoms with van der Waals surface area (Å²) in [6, 6.07) is 13.5. The molecule has 4 nitrogen and oxygen atoms in total. The minimum Gasteiger partial charge on any atom is -0.497 e. The molecule has 0 atom stereocenters. The van der Waals surface area contributed by atoms with Gasteiger partial charge in [0.25, 0.3) is 0 Å². The molecule has 0 saturated heterocycles. The third kappa shape index (κ3) is 4.45. The molecular formula is C18H17ClN2O2S2. The average Bonchev–Trinajstić information content (AvgIpc) is 2.90. The summed E-state index contributed by atoms with van der Waals surface area (Å²) in [4.78, 5) is 18.2. The first-order chi connectivity index (χ1) is 12.1. The van der Waals surface area contributed by atoms with E-state index in [2.05, 4.69) is 4.99 Å². The van der Waals surface area contributed by atoms with Gasteiger partial charge in [-0.15, -0.1) is 11.8 Å². The van der Waals surface area contributed by atoms with E-state index in [0.29, 0.717) is 22.0 Å². The van der Waals surface area contributed by atoms with Gasteiger partial charge >= 0.3 is 0 Å². The molecule has 7 heteroatoms. The van der Waals surface area contributed by atoms with E-state index in [9.17, 15) is 4.79 Å². The maximum Gasteiger partial charge on any atom is 0.249 e. The number of fused-ring (bicyclic) bond motifs is 1. The van der Waals surface area contributed by atoms with Gasteiger partial charge in [-0.1, -0.05) is 22.9 Å². The summed E-state index contributed by atoms with van der Waals surface area (Å²) in [5.41, 5.74) is 1.02.